The molecule has 0 saturated carbocycles. The number of phenols is 1. The first-order valence-electron chi connectivity index (χ1n) is 7.61. The summed E-state index contributed by atoms with van der Waals surface area (Å²) >= 11 is 0. The van der Waals surface area contributed by atoms with Gasteiger partial charge >= 0.3 is 11.6 Å². The van der Waals surface area contributed by atoms with Crippen molar-refractivity contribution in [1.29, 1.82) is 0 Å². The maximum Gasteiger partial charge on any atom is 0.339 e. The Morgan fingerprint density at radius 2 is 2.04 bits per heavy atom. The highest BCUT2D eigenvalue weighted by Crippen LogP contribution is 2.23. The second kappa shape index (κ2) is 7.16. The number of carboxylic acid groups (broad SMARTS) is 1. The Kier molecular flexibility index (Phi) is 5.23. The minimum absolute atomic E-state index is 0.00328. The van der Waals surface area contributed by atoms with Gasteiger partial charge in [-0.1, -0.05) is 6.92 Å². The van der Waals surface area contributed by atoms with Gasteiger partial charge in [0.05, 0.1) is 0 Å². The van der Waals surface area contributed by atoms with E-state index in [1.165, 1.54) is 12.1 Å². The van der Waals surface area contributed by atoms with Gasteiger partial charge in [-0.3, -0.25) is 4.79 Å². The van der Waals surface area contributed by atoms with Gasteiger partial charge in [-0.25, -0.2) is 9.59 Å². The molecule has 0 aliphatic heterocycles. The molecule has 0 fully saturated rings. The summed E-state index contributed by atoms with van der Waals surface area (Å²) in [5, 5.41) is 21.5. The van der Waals surface area contributed by atoms with Gasteiger partial charge in [0.1, 0.15) is 17.4 Å². The molecule has 1 amide bonds. The number of hydrogen-bond acceptors (Lipinski definition) is 5. The van der Waals surface area contributed by atoms with E-state index in [1.807, 2.05) is 0 Å². The molecule has 1 aromatic heterocycles. The molecule has 0 aliphatic carbocycles. The van der Waals surface area contributed by atoms with Crippen molar-refractivity contribution in [3.05, 3.63) is 39.7 Å². The molecule has 1 heterocycles. The van der Waals surface area contributed by atoms with Crippen LogP contribution in [0.3, 0.4) is 0 Å². The number of nitrogens with one attached hydrogen (secondary N) is 1. The van der Waals surface area contributed by atoms with Crippen LogP contribution in [0.4, 0.5) is 0 Å². The number of carboxylic acids is 1. The first kappa shape index (κ1) is 17.5. The standard InChI is InChI=1S/C17H19NO6/c1-3-13(16(21)22)18-15(20)7-6-12-9(2)11-5-4-10(19)8-14(11)24-17(12)23/h4-5,8,13,19H,3,6-7H2,1-2H3,(H,18,20)(H,21,22). The van der Waals surface area contributed by atoms with E-state index in [2.05, 4.69) is 5.32 Å². The summed E-state index contributed by atoms with van der Waals surface area (Å²) in [4.78, 5) is 34.9. The lowest BCUT2D eigenvalue weighted by atomic mass is 10.0. The van der Waals surface area contributed by atoms with E-state index in [-0.39, 0.29) is 30.6 Å². The number of aliphatic carboxylic acids is 1. The number of amides is 1. The molecule has 2 aromatic rings. The third kappa shape index (κ3) is 3.73. The maximum atomic E-state index is 12.1. The summed E-state index contributed by atoms with van der Waals surface area (Å²) in [6, 6.07) is 3.56. The summed E-state index contributed by atoms with van der Waals surface area (Å²) in [5.74, 6) is -1.53. The van der Waals surface area contributed by atoms with Crippen LogP contribution in [0.2, 0.25) is 0 Å². The van der Waals surface area contributed by atoms with Crippen LogP contribution in [-0.2, 0) is 16.0 Å². The highest BCUT2D eigenvalue weighted by atomic mass is 16.4. The lowest BCUT2D eigenvalue weighted by Gasteiger charge is -2.12. The van der Waals surface area contributed by atoms with Crippen molar-refractivity contribution in [3.8, 4) is 5.75 Å². The Balaban J connectivity index is 2.18. The number of aryl methyl sites for hydroxylation is 1. The molecule has 0 radical (unpaired) electrons. The number of benzene rings is 1. The fourth-order valence-corrected chi connectivity index (χ4v) is 2.52. The minimum atomic E-state index is -1.09. The van der Waals surface area contributed by atoms with Crippen LogP contribution in [0.1, 0.15) is 30.9 Å². The van der Waals surface area contributed by atoms with Gasteiger partial charge in [0.15, 0.2) is 0 Å². The highest BCUT2D eigenvalue weighted by molar-refractivity contribution is 5.84. The Labute approximate surface area is 137 Å². The number of carbonyl (C=O) groups is 2. The molecule has 7 heteroatoms. The molecule has 128 valence electrons. The summed E-state index contributed by atoms with van der Waals surface area (Å²) in [6.07, 6.45) is 0.410. The van der Waals surface area contributed by atoms with Crippen molar-refractivity contribution in [2.24, 2.45) is 0 Å². The van der Waals surface area contributed by atoms with Gasteiger partial charge < -0.3 is 19.9 Å². The molecule has 1 unspecified atom stereocenters. The molecule has 0 saturated heterocycles. The van der Waals surface area contributed by atoms with Crippen molar-refractivity contribution >= 4 is 22.8 Å². The quantitative estimate of drug-likeness (QED) is 0.693. The molecule has 3 N–H and O–H groups in total. The van der Waals surface area contributed by atoms with E-state index < -0.39 is 23.5 Å². The monoisotopic (exact) mass is 333 g/mol. The Hall–Kier alpha value is -2.83. The molecule has 0 bridgehead atoms. The number of hydrogen-bond donors (Lipinski definition) is 3. The predicted octanol–water partition coefficient (Wildman–Crippen LogP) is 1.72. The topological polar surface area (TPSA) is 117 Å². The molecule has 24 heavy (non-hydrogen) atoms. The molecule has 0 spiro atoms. The fourth-order valence-electron chi connectivity index (χ4n) is 2.52. The van der Waals surface area contributed by atoms with E-state index in [0.29, 0.717) is 16.5 Å². The van der Waals surface area contributed by atoms with Crippen LogP contribution >= 0.6 is 0 Å². The summed E-state index contributed by atoms with van der Waals surface area (Å²) in [7, 11) is 0. The maximum absolute atomic E-state index is 12.1. The van der Waals surface area contributed by atoms with Gasteiger partial charge in [0.25, 0.3) is 0 Å². The van der Waals surface area contributed by atoms with Gasteiger partial charge in [-0.2, -0.15) is 0 Å². The molecule has 2 rings (SSSR count). The predicted molar refractivity (Wildman–Crippen MR) is 87.1 cm³/mol. The van der Waals surface area contributed by atoms with Crippen LogP contribution in [-0.4, -0.2) is 28.1 Å². The van der Waals surface area contributed by atoms with Crippen molar-refractivity contribution < 1.29 is 24.2 Å². The number of phenolic OH excluding ortho intramolecular Hbond substituents is 1. The zero-order chi connectivity index (χ0) is 17.9. The minimum Gasteiger partial charge on any atom is -0.508 e. The van der Waals surface area contributed by atoms with E-state index in [0.717, 1.165) is 0 Å². The van der Waals surface area contributed by atoms with E-state index >= 15 is 0 Å². The average Bonchev–Trinajstić information content (AvgIpc) is 2.51. The number of aromatic hydroxyl groups is 1. The number of rotatable bonds is 6. The smallest absolute Gasteiger partial charge is 0.339 e. The van der Waals surface area contributed by atoms with Crippen molar-refractivity contribution in [3.63, 3.8) is 0 Å². The molecule has 1 aromatic carbocycles. The molecule has 7 nitrogen and oxygen atoms in total. The van der Waals surface area contributed by atoms with Crippen LogP contribution in [0.15, 0.2) is 27.4 Å². The lowest BCUT2D eigenvalue weighted by molar-refractivity contribution is -0.141. The number of carbonyl (C=O) groups excluding carboxylic acids is 1. The van der Waals surface area contributed by atoms with Crippen molar-refractivity contribution in [2.45, 2.75) is 39.2 Å². The van der Waals surface area contributed by atoms with E-state index in [4.69, 9.17) is 9.52 Å². The number of fused-ring (bicyclic) bond motifs is 1. The van der Waals surface area contributed by atoms with E-state index in [1.54, 1.807) is 19.9 Å². The highest BCUT2D eigenvalue weighted by Gasteiger charge is 2.18. The first-order chi connectivity index (χ1) is 11.3. The van der Waals surface area contributed by atoms with Crippen molar-refractivity contribution in [1.82, 2.24) is 5.32 Å². The summed E-state index contributed by atoms with van der Waals surface area (Å²) in [5.41, 5.74) is 0.761. The fraction of sp³-hybridized carbons (Fsp3) is 0.353. The molecular formula is C17H19NO6. The second-order valence-corrected chi connectivity index (χ2v) is 5.54. The Bertz CT molecular complexity index is 839. The van der Waals surface area contributed by atoms with Crippen LogP contribution in [0.25, 0.3) is 11.0 Å². The zero-order valence-corrected chi connectivity index (χ0v) is 13.5. The molecular weight excluding hydrogens is 314 g/mol. The first-order valence-corrected chi connectivity index (χ1v) is 7.61. The largest absolute Gasteiger partial charge is 0.508 e. The molecule has 1 atom stereocenters. The van der Waals surface area contributed by atoms with Crippen LogP contribution in [0, 0.1) is 6.92 Å². The summed E-state index contributed by atoms with van der Waals surface area (Å²) in [6.45, 7) is 3.41. The third-order valence-electron chi connectivity index (χ3n) is 3.91. The Morgan fingerprint density at radius 1 is 1.33 bits per heavy atom. The SMILES string of the molecule is CCC(NC(=O)CCc1c(C)c2ccc(O)cc2oc1=O)C(=O)O. The third-order valence-corrected chi connectivity index (χ3v) is 3.91. The summed E-state index contributed by atoms with van der Waals surface area (Å²) < 4.78 is 5.19. The average molecular weight is 333 g/mol. The van der Waals surface area contributed by atoms with Crippen LogP contribution in [0.5, 0.6) is 5.75 Å². The Morgan fingerprint density at radius 3 is 2.67 bits per heavy atom. The van der Waals surface area contributed by atoms with Gasteiger partial charge in [-0.05, 0) is 37.5 Å². The van der Waals surface area contributed by atoms with Gasteiger partial charge in [0, 0.05) is 23.4 Å². The van der Waals surface area contributed by atoms with Crippen LogP contribution < -0.4 is 10.9 Å². The van der Waals surface area contributed by atoms with Crippen molar-refractivity contribution in [2.75, 3.05) is 0 Å². The zero-order valence-electron chi connectivity index (χ0n) is 13.5. The van der Waals surface area contributed by atoms with Gasteiger partial charge in [0.2, 0.25) is 5.91 Å². The normalized spacial score (nSPS) is 12.1. The lowest BCUT2D eigenvalue weighted by Crippen LogP contribution is -2.40. The van der Waals surface area contributed by atoms with Gasteiger partial charge in [-0.15, -0.1) is 0 Å². The second-order valence-electron chi connectivity index (χ2n) is 5.54. The van der Waals surface area contributed by atoms with E-state index in [9.17, 15) is 19.5 Å². The molecule has 0 aliphatic rings.